The lowest BCUT2D eigenvalue weighted by atomic mass is 10.1. The van der Waals surface area contributed by atoms with Gasteiger partial charge in [-0.15, -0.1) is 0 Å². The molecule has 0 spiro atoms. The van der Waals surface area contributed by atoms with Crippen molar-refractivity contribution in [3.8, 4) is 6.07 Å². The molecular weight excluding hydrogens is 219 g/mol. The van der Waals surface area contributed by atoms with Gasteiger partial charge in [-0.25, -0.2) is 4.39 Å². The fourth-order valence-electron chi connectivity index (χ4n) is 1.76. The summed E-state index contributed by atoms with van der Waals surface area (Å²) in [7, 11) is 0. The lowest BCUT2D eigenvalue weighted by molar-refractivity contribution is 0.627. The molecule has 0 saturated carbocycles. The van der Waals surface area contributed by atoms with Crippen molar-refractivity contribution < 1.29 is 4.39 Å². The van der Waals surface area contributed by atoms with Crippen molar-refractivity contribution in [3.63, 3.8) is 0 Å². The van der Waals surface area contributed by atoms with Gasteiger partial charge in [-0.05, 0) is 36.1 Å². The summed E-state index contributed by atoms with van der Waals surface area (Å²) in [6, 6.07) is 7.87. The molecule has 0 aliphatic rings. The van der Waals surface area contributed by atoms with Crippen LogP contribution in [0.1, 0.15) is 12.8 Å². The molecule has 1 heterocycles. The molecular formula is C13H11FN2O. The Morgan fingerprint density at radius 1 is 1.35 bits per heavy atom. The van der Waals surface area contributed by atoms with Crippen LogP contribution in [-0.2, 0) is 6.54 Å². The highest BCUT2D eigenvalue weighted by molar-refractivity contribution is 5.81. The zero-order valence-electron chi connectivity index (χ0n) is 9.19. The number of aromatic nitrogens is 1. The Kier molecular flexibility index (Phi) is 3.20. The second-order valence-electron chi connectivity index (χ2n) is 3.81. The van der Waals surface area contributed by atoms with E-state index in [4.69, 9.17) is 5.26 Å². The average molecular weight is 230 g/mol. The maximum absolute atomic E-state index is 13.0. The van der Waals surface area contributed by atoms with E-state index in [1.807, 2.05) is 6.07 Å². The summed E-state index contributed by atoms with van der Waals surface area (Å²) >= 11 is 0. The molecule has 0 unspecified atom stereocenters. The second kappa shape index (κ2) is 4.79. The highest BCUT2D eigenvalue weighted by Crippen LogP contribution is 2.11. The number of halogens is 1. The van der Waals surface area contributed by atoms with Gasteiger partial charge < -0.3 is 4.57 Å². The van der Waals surface area contributed by atoms with Crippen molar-refractivity contribution in [2.24, 2.45) is 0 Å². The van der Waals surface area contributed by atoms with Gasteiger partial charge in [0.1, 0.15) is 5.82 Å². The second-order valence-corrected chi connectivity index (χ2v) is 3.81. The maximum atomic E-state index is 13.0. The number of nitriles is 1. The summed E-state index contributed by atoms with van der Waals surface area (Å²) in [5.74, 6) is -0.348. The molecule has 2 aromatic rings. The highest BCUT2D eigenvalue weighted by Gasteiger charge is 2.03. The fourth-order valence-corrected chi connectivity index (χ4v) is 1.76. The fraction of sp³-hybridized carbons (Fsp3) is 0.231. The molecule has 4 heteroatoms. The molecule has 86 valence electrons. The van der Waals surface area contributed by atoms with Gasteiger partial charge in [0.25, 0.3) is 5.56 Å². The van der Waals surface area contributed by atoms with Crippen LogP contribution in [0.3, 0.4) is 0 Å². The number of nitrogens with zero attached hydrogens (tertiary/aromatic N) is 2. The SMILES string of the molecule is N#CCCCn1ccc2cc(F)ccc2c1=O. The van der Waals surface area contributed by atoms with Crippen LogP contribution in [0.4, 0.5) is 4.39 Å². The number of rotatable bonds is 3. The van der Waals surface area contributed by atoms with Crippen molar-refractivity contribution in [3.05, 3.63) is 46.6 Å². The molecule has 0 fully saturated rings. The predicted octanol–water partition coefficient (Wildman–Crippen LogP) is 2.44. The third kappa shape index (κ3) is 2.34. The number of fused-ring (bicyclic) bond motifs is 1. The number of hydrogen-bond donors (Lipinski definition) is 0. The van der Waals surface area contributed by atoms with Crippen LogP contribution in [0.25, 0.3) is 10.8 Å². The Morgan fingerprint density at radius 3 is 2.94 bits per heavy atom. The summed E-state index contributed by atoms with van der Waals surface area (Å²) in [5, 5.41) is 9.55. The number of aryl methyl sites for hydroxylation is 1. The van der Waals surface area contributed by atoms with Crippen LogP contribution in [-0.4, -0.2) is 4.57 Å². The molecule has 3 nitrogen and oxygen atoms in total. The third-order valence-electron chi connectivity index (χ3n) is 2.63. The van der Waals surface area contributed by atoms with Crippen molar-refractivity contribution in [2.75, 3.05) is 0 Å². The van der Waals surface area contributed by atoms with Crippen molar-refractivity contribution in [1.29, 1.82) is 5.26 Å². The third-order valence-corrected chi connectivity index (χ3v) is 2.63. The van der Waals surface area contributed by atoms with E-state index in [1.165, 1.54) is 18.2 Å². The summed E-state index contributed by atoms with van der Waals surface area (Å²) < 4.78 is 14.5. The predicted molar refractivity (Wildman–Crippen MR) is 63.0 cm³/mol. The first-order chi connectivity index (χ1) is 8.22. The number of unbranched alkanes of at least 4 members (excludes halogenated alkanes) is 1. The largest absolute Gasteiger partial charge is 0.315 e. The van der Waals surface area contributed by atoms with E-state index in [0.29, 0.717) is 30.2 Å². The minimum absolute atomic E-state index is 0.138. The van der Waals surface area contributed by atoms with Gasteiger partial charge >= 0.3 is 0 Å². The summed E-state index contributed by atoms with van der Waals surface area (Å²) in [6.45, 7) is 0.514. The van der Waals surface area contributed by atoms with Crippen LogP contribution < -0.4 is 5.56 Å². The first-order valence-electron chi connectivity index (χ1n) is 5.38. The van der Waals surface area contributed by atoms with Crippen LogP contribution in [0.2, 0.25) is 0 Å². The van der Waals surface area contributed by atoms with E-state index in [2.05, 4.69) is 0 Å². The number of pyridine rings is 1. The Bertz CT molecular complexity index is 640. The molecule has 0 aliphatic heterocycles. The summed E-state index contributed by atoms with van der Waals surface area (Å²) in [5.41, 5.74) is -0.138. The summed E-state index contributed by atoms with van der Waals surface area (Å²) in [6.07, 6.45) is 2.71. The topological polar surface area (TPSA) is 45.8 Å². The minimum atomic E-state index is -0.348. The van der Waals surface area contributed by atoms with Crippen LogP contribution in [0, 0.1) is 17.1 Å². The standard InChI is InChI=1S/C13H11FN2O/c14-11-3-4-12-10(9-11)5-8-16(13(12)17)7-2-1-6-15/h3-5,8-9H,1-2,7H2. The normalized spacial score (nSPS) is 10.4. The number of hydrogen-bond acceptors (Lipinski definition) is 2. The Balaban J connectivity index is 2.41. The molecule has 0 saturated heterocycles. The maximum Gasteiger partial charge on any atom is 0.258 e. The Morgan fingerprint density at radius 2 is 2.18 bits per heavy atom. The van der Waals surface area contributed by atoms with E-state index in [-0.39, 0.29) is 11.4 Å². The lowest BCUT2D eigenvalue weighted by Gasteiger charge is -2.05. The van der Waals surface area contributed by atoms with Gasteiger partial charge in [-0.3, -0.25) is 4.79 Å². The van der Waals surface area contributed by atoms with Gasteiger partial charge in [0.05, 0.1) is 6.07 Å². The van der Waals surface area contributed by atoms with E-state index < -0.39 is 0 Å². The van der Waals surface area contributed by atoms with Crippen LogP contribution in [0.15, 0.2) is 35.3 Å². The minimum Gasteiger partial charge on any atom is -0.315 e. The number of benzene rings is 1. The van der Waals surface area contributed by atoms with Gasteiger partial charge in [-0.1, -0.05) is 0 Å². The first-order valence-corrected chi connectivity index (χ1v) is 5.38. The van der Waals surface area contributed by atoms with E-state index >= 15 is 0 Å². The molecule has 0 bridgehead atoms. The van der Waals surface area contributed by atoms with Gasteiger partial charge in [0.15, 0.2) is 0 Å². The molecule has 1 aromatic carbocycles. The molecule has 0 atom stereocenters. The average Bonchev–Trinajstić information content (AvgIpc) is 2.32. The highest BCUT2D eigenvalue weighted by atomic mass is 19.1. The monoisotopic (exact) mass is 230 g/mol. The molecule has 17 heavy (non-hydrogen) atoms. The van der Waals surface area contributed by atoms with Crippen LogP contribution >= 0.6 is 0 Å². The van der Waals surface area contributed by atoms with E-state index in [1.54, 1.807) is 16.8 Å². The molecule has 1 aromatic heterocycles. The lowest BCUT2D eigenvalue weighted by Crippen LogP contribution is -2.19. The van der Waals surface area contributed by atoms with Gasteiger partial charge in [0, 0.05) is 24.5 Å². The Hall–Kier alpha value is -2.15. The molecule has 0 amide bonds. The zero-order valence-corrected chi connectivity index (χ0v) is 9.19. The quantitative estimate of drug-likeness (QED) is 0.760. The molecule has 0 aliphatic carbocycles. The van der Waals surface area contributed by atoms with Crippen molar-refractivity contribution in [1.82, 2.24) is 4.57 Å². The van der Waals surface area contributed by atoms with E-state index in [9.17, 15) is 9.18 Å². The molecule has 0 radical (unpaired) electrons. The summed E-state index contributed by atoms with van der Waals surface area (Å²) in [4.78, 5) is 12.0. The smallest absolute Gasteiger partial charge is 0.258 e. The van der Waals surface area contributed by atoms with Crippen molar-refractivity contribution >= 4 is 10.8 Å². The van der Waals surface area contributed by atoms with Crippen LogP contribution in [0.5, 0.6) is 0 Å². The van der Waals surface area contributed by atoms with Gasteiger partial charge in [-0.2, -0.15) is 5.26 Å². The van der Waals surface area contributed by atoms with Gasteiger partial charge in [0.2, 0.25) is 0 Å². The molecule has 0 N–H and O–H groups in total. The Labute approximate surface area is 97.7 Å². The van der Waals surface area contributed by atoms with E-state index in [0.717, 1.165) is 0 Å². The first kappa shape index (κ1) is 11.3. The zero-order chi connectivity index (χ0) is 12.3. The van der Waals surface area contributed by atoms with Crippen molar-refractivity contribution in [2.45, 2.75) is 19.4 Å². The molecule has 2 rings (SSSR count).